The first-order valence-corrected chi connectivity index (χ1v) is 7.59. The minimum Gasteiger partial charge on any atom is -0.427 e. The van der Waals surface area contributed by atoms with E-state index in [9.17, 15) is 4.79 Å². The van der Waals surface area contributed by atoms with Gasteiger partial charge >= 0.3 is 5.97 Å². The van der Waals surface area contributed by atoms with Crippen molar-refractivity contribution in [3.05, 3.63) is 59.7 Å². The monoisotopic (exact) mass is 295 g/mol. The molecule has 2 rings (SSSR count). The number of carbonyl (C=O) groups is 1. The number of esters is 1. The lowest BCUT2D eigenvalue weighted by atomic mass is 10.1. The molecule has 3 heteroatoms. The van der Waals surface area contributed by atoms with Crippen LogP contribution >= 0.6 is 0 Å². The van der Waals surface area contributed by atoms with Crippen LogP contribution in [0.1, 0.15) is 37.8 Å². The van der Waals surface area contributed by atoms with Crippen molar-refractivity contribution >= 4 is 17.9 Å². The normalized spacial score (nSPS) is 10.8. The highest BCUT2D eigenvalue weighted by Gasteiger charge is 1.97. The van der Waals surface area contributed by atoms with Crippen LogP contribution in [0.4, 0.5) is 5.69 Å². The Hall–Kier alpha value is -2.42. The molecule has 0 radical (unpaired) electrons. The largest absolute Gasteiger partial charge is 0.427 e. The van der Waals surface area contributed by atoms with Gasteiger partial charge in [0.05, 0.1) is 5.69 Å². The fourth-order valence-electron chi connectivity index (χ4n) is 2.07. The second-order valence-electron chi connectivity index (χ2n) is 5.19. The average molecular weight is 295 g/mol. The van der Waals surface area contributed by atoms with Crippen LogP contribution in [-0.4, -0.2) is 12.2 Å². The Morgan fingerprint density at radius 1 is 1.09 bits per heavy atom. The van der Waals surface area contributed by atoms with Gasteiger partial charge in [-0.2, -0.15) is 0 Å². The third-order valence-electron chi connectivity index (χ3n) is 3.26. The van der Waals surface area contributed by atoms with E-state index in [0.29, 0.717) is 5.75 Å². The number of aryl methyl sites for hydroxylation is 1. The maximum atomic E-state index is 10.9. The van der Waals surface area contributed by atoms with Crippen LogP contribution in [0, 0.1) is 0 Å². The van der Waals surface area contributed by atoms with Crippen molar-refractivity contribution in [2.75, 3.05) is 0 Å². The summed E-state index contributed by atoms with van der Waals surface area (Å²) in [6, 6.07) is 15.6. The predicted molar refractivity (Wildman–Crippen MR) is 90.1 cm³/mol. The second kappa shape index (κ2) is 8.13. The zero-order valence-corrected chi connectivity index (χ0v) is 13.1. The molecule has 0 unspecified atom stereocenters. The van der Waals surface area contributed by atoms with Crippen molar-refractivity contribution in [3.8, 4) is 5.75 Å². The zero-order valence-electron chi connectivity index (χ0n) is 13.1. The first-order chi connectivity index (χ1) is 10.7. The van der Waals surface area contributed by atoms with Crippen molar-refractivity contribution in [1.82, 2.24) is 0 Å². The number of hydrogen-bond acceptors (Lipinski definition) is 3. The van der Waals surface area contributed by atoms with E-state index in [1.807, 2.05) is 24.3 Å². The quantitative estimate of drug-likeness (QED) is 0.440. The van der Waals surface area contributed by atoms with E-state index in [0.717, 1.165) is 17.7 Å². The topological polar surface area (TPSA) is 38.7 Å². The molecule has 2 aromatic carbocycles. The summed E-state index contributed by atoms with van der Waals surface area (Å²) >= 11 is 0. The number of nitrogens with zero attached hydrogens (tertiary/aromatic N) is 1. The maximum absolute atomic E-state index is 10.9. The van der Waals surface area contributed by atoms with Gasteiger partial charge in [-0.1, -0.05) is 25.5 Å². The molecule has 0 aliphatic carbocycles. The Kier molecular flexibility index (Phi) is 5.90. The highest BCUT2D eigenvalue weighted by Crippen LogP contribution is 2.16. The summed E-state index contributed by atoms with van der Waals surface area (Å²) < 4.78 is 4.99. The number of aliphatic imine (C=N–C) groups is 1. The standard InChI is InChI=1S/C19H21NO2/c1-3-4-5-16-6-10-18(11-7-16)20-14-17-8-12-19(13-9-17)22-15(2)21/h6-14H,3-5H2,1-2H3. The van der Waals surface area contributed by atoms with E-state index in [1.165, 1.54) is 25.3 Å². The van der Waals surface area contributed by atoms with Gasteiger partial charge in [0, 0.05) is 13.1 Å². The predicted octanol–water partition coefficient (Wildman–Crippen LogP) is 4.71. The molecule has 0 fully saturated rings. The first kappa shape index (κ1) is 16.0. The highest BCUT2D eigenvalue weighted by atomic mass is 16.5. The van der Waals surface area contributed by atoms with Crippen LogP contribution < -0.4 is 4.74 Å². The smallest absolute Gasteiger partial charge is 0.308 e. The molecule has 0 spiro atoms. The van der Waals surface area contributed by atoms with Crippen LogP contribution in [-0.2, 0) is 11.2 Å². The van der Waals surface area contributed by atoms with Crippen molar-refractivity contribution < 1.29 is 9.53 Å². The molecule has 2 aromatic rings. The highest BCUT2D eigenvalue weighted by molar-refractivity contribution is 5.82. The maximum Gasteiger partial charge on any atom is 0.308 e. The molecular formula is C19H21NO2. The van der Waals surface area contributed by atoms with Gasteiger partial charge < -0.3 is 4.74 Å². The van der Waals surface area contributed by atoms with Gasteiger partial charge in [-0.05, 0) is 60.4 Å². The van der Waals surface area contributed by atoms with Crippen LogP contribution in [0.3, 0.4) is 0 Å². The summed E-state index contributed by atoms with van der Waals surface area (Å²) in [6.45, 7) is 3.59. The molecule has 0 atom stereocenters. The van der Waals surface area contributed by atoms with E-state index in [4.69, 9.17) is 4.74 Å². The summed E-state index contributed by atoms with van der Waals surface area (Å²) in [5.74, 6) is 0.231. The summed E-state index contributed by atoms with van der Waals surface area (Å²) in [5, 5.41) is 0. The number of rotatable bonds is 6. The van der Waals surface area contributed by atoms with Gasteiger partial charge in [-0.3, -0.25) is 9.79 Å². The van der Waals surface area contributed by atoms with Gasteiger partial charge in [-0.25, -0.2) is 0 Å². The Balaban J connectivity index is 1.97. The minimum absolute atomic E-state index is 0.315. The minimum atomic E-state index is -0.315. The molecule has 0 heterocycles. The summed E-state index contributed by atoms with van der Waals surface area (Å²) in [7, 11) is 0. The van der Waals surface area contributed by atoms with E-state index in [2.05, 4.69) is 24.0 Å². The van der Waals surface area contributed by atoms with Crippen LogP contribution in [0.15, 0.2) is 53.5 Å². The number of carbonyl (C=O) groups excluding carboxylic acids is 1. The molecule has 0 aliphatic heterocycles. The van der Waals surface area contributed by atoms with Crippen molar-refractivity contribution in [1.29, 1.82) is 0 Å². The van der Waals surface area contributed by atoms with Crippen LogP contribution in [0.25, 0.3) is 0 Å². The van der Waals surface area contributed by atoms with Gasteiger partial charge in [0.25, 0.3) is 0 Å². The van der Waals surface area contributed by atoms with Gasteiger partial charge in [0.15, 0.2) is 0 Å². The van der Waals surface area contributed by atoms with E-state index >= 15 is 0 Å². The number of hydrogen-bond donors (Lipinski definition) is 0. The third-order valence-corrected chi connectivity index (χ3v) is 3.26. The van der Waals surface area contributed by atoms with E-state index < -0.39 is 0 Å². The van der Waals surface area contributed by atoms with Gasteiger partial charge in [-0.15, -0.1) is 0 Å². The summed E-state index contributed by atoms with van der Waals surface area (Å²) in [4.78, 5) is 15.3. The van der Waals surface area contributed by atoms with Gasteiger partial charge in [0.1, 0.15) is 5.75 Å². The fraction of sp³-hybridized carbons (Fsp3) is 0.263. The van der Waals surface area contributed by atoms with Crippen LogP contribution in [0.5, 0.6) is 5.75 Å². The number of benzene rings is 2. The molecule has 0 amide bonds. The Labute approximate surface area is 131 Å². The second-order valence-corrected chi connectivity index (χ2v) is 5.19. The summed E-state index contributed by atoms with van der Waals surface area (Å²) in [6.07, 6.45) is 5.36. The zero-order chi connectivity index (χ0) is 15.8. The number of unbranched alkanes of at least 4 members (excludes halogenated alkanes) is 1. The van der Waals surface area contributed by atoms with Crippen molar-refractivity contribution in [3.63, 3.8) is 0 Å². The molecule has 0 aliphatic rings. The first-order valence-electron chi connectivity index (χ1n) is 7.59. The van der Waals surface area contributed by atoms with Crippen LogP contribution in [0.2, 0.25) is 0 Å². The molecule has 22 heavy (non-hydrogen) atoms. The van der Waals surface area contributed by atoms with Crippen molar-refractivity contribution in [2.24, 2.45) is 4.99 Å². The fourth-order valence-corrected chi connectivity index (χ4v) is 2.07. The molecule has 0 bridgehead atoms. The SMILES string of the molecule is CCCCc1ccc(N=Cc2ccc(OC(C)=O)cc2)cc1. The number of ether oxygens (including phenoxy) is 1. The average Bonchev–Trinajstić information content (AvgIpc) is 2.53. The lowest BCUT2D eigenvalue weighted by molar-refractivity contribution is -0.131. The molecule has 0 aromatic heterocycles. The van der Waals surface area contributed by atoms with E-state index in [1.54, 1.807) is 18.3 Å². The van der Waals surface area contributed by atoms with E-state index in [-0.39, 0.29) is 5.97 Å². The molecular weight excluding hydrogens is 274 g/mol. The summed E-state index contributed by atoms with van der Waals surface area (Å²) in [5.41, 5.74) is 3.25. The Bertz CT molecular complexity index is 627. The van der Waals surface area contributed by atoms with Crippen molar-refractivity contribution in [2.45, 2.75) is 33.1 Å². The molecule has 0 saturated heterocycles. The molecule has 0 saturated carbocycles. The lowest BCUT2D eigenvalue weighted by Crippen LogP contribution is -2.00. The van der Waals surface area contributed by atoms with Gasteiger partial charge in [0.2, 0.25) is 0 Å². The Morgan fingerprint density at radius 2 is 1.77 bits per heavy atom. The molecule has 3 nitrogen and oxygen atoms in total. The molecule has 0 N–H and O–H groups in total. The lowest BCUT2D eigenvalue weighted by Gasteiger charge is -2.01. The molecule has 114 valence electrons. The Morgan fingerprint density at radius 3 is 2.36 bits per heavy atom. The third kappa shape index (κ3) is 5.17.